The Morgan fingerprint density at radius 1 is 1.17 bits per heavy atom. The van der Waals surface area contributed by atoms with Gasteiger partial charge in [-0.05, 0) is 18.3 Å². The van der Waals surface area contributed by atoms with Crippen LogP contribution in [-0.2, 0) is 0 Å². The molecule has 1 aliphatic rings. The fraction of sp³-hybridized carbons (Fsp3) is 1.00. The van der Waals surface area contributed by atoms with E-state index in [4.69, 9.17) is 0 Å². The molecule has 2 unspecified atom stereocenters. The number of hydrogen-bond acceptors (Lipinski definition) is 0. The summed E-state index contributed by atoms with van der Waals surface area (Å²) in [5.74, 6) is 2.10. The molecule has 0 N–H and O–H groups in total. The van der Waals surface area contributed by atoms with Gasteiger partial charge in [-0.1, -0.05) is 21.3 Å². The Labute approximate surface area is 40.6 Å². The van der Waals surface area contributed by atoms with Crippen molar-refractivity contribution in [1.29, 1.82) is 0 Å². The second-order valence-corrected chi connectivity index (χ2v) is 2.19. The fourth-order valence-corrected chi connectivity index (χ4v) is 0.508. The van der Waals surface area contributed by atoms with E-state index in [0.29, 0.717) is 0 Å². The van der Waals surface area contributed by atoms with Crippen molar-refractivity contribution in [3.8, 4) is 0 Å². The molecular weight excluding hydrogens is 72.1 g/mol. The summed E-state index contributed by atoms with van der Waals surface area (Å²) >= 11 is 0. The van der Waals surface area contributed by atoms with Crippen LogP contribution in [0.2, 0.25) is 0 Å². The van der Waals surface area contributed by atoms with E-state index in [2.05, 4.69) is 13.8 Å². The lowest BCUT2D eigenvalue weighted by atomic mass is 10.4. The van der Waals surface area contributed by atoms with Crippen molar-refractivity contribution in [3.05, 3.63) is 0 Å². The molecule has 0 aromatic heterocycles. The molecule has 1 aliphatic carbocycles. The number of rotatable bonds is 0. The van der Waals surface area contributed by atoms with Crippen LogP contribution in [0.15, 0.2) is 0 Å². The monoisotopic (exact) mass is 86.1 g/mol. The van der Waals surface area contributed by atoms with Gasteiger partial charge in [0.05, 0.1) is 0 Å². The highest BCUT2D eigenvalue weighted by Gasteiger charge is 2.26. The molecule has 2 atom stereocenters. The van der Waals surface area contributed by atoms with Gasteiger partial charge in [-0.2, -0.15) is 0 Å². The largest absolute Gasteiger partial charge is 0.0776 e. The first-order valence-electron chi connectivity index (χ1n) is 2.30. The Balaban J connectivity index is 0.000000250. The van der Waals surface area contributed by atoms with Gasteiger partial charge in [0.2, 0.25) is 0 Å². The SMILES string of the molecule is C.CC1CC1C. The highest BCUT2D eigenvalue weighted by molar-refractivity contribution is 4.76. The van der Waals surface area contributed by atoms with E-state index < -0.39 is 0 Å². The standard InChI is InChI=1S/C5H10.CH4/c1-4-3-5(4)2;/h4-5H,3H2,1-2H3;1H4. The topological polar surface area (TPSA) is 0 Å². The molecule has 0 nitrogen and oxygen atoms in total. The molecule has 38 valence electrons. The third-order valence-corrected chi connectivity index (χ3v) is 1.51. The van der Waals surface area contributed by atoms with Crippen LogP contribution in [-0.4, -0.2) is 0 Å². The minimum atomic E-state index is 0. The molecule has 0 amide bonds. The minimum Gasteiger partial charge on any atom is -0.0776 e. The first kappa shape index (κ1) is 6.00. The van der Waals surface area contributed by atoms with Crippen molar-refractivity contribution in [1.82, 2.24) is 0 Å². The van der Waals surface area contributed by atoms with Crippen molar-refractivity contribution >= 4 is 0 Å². The average molecular weight is 86.2 g/mol. The van der Waals surface area contributed by atoms with Gasteiger partial charge in [0.15, 0.2) is 0 Å². The van der Waals surface area contributed by atoms with Gasteiger partial charge in [0, 0.05) is 0 Å². The third kappa shape index (κ3) is 1.00. The molecule has 1 rings (SSSR count). The molecule has 0 radical (unpaired) electrons. The first-order valence-corrected chi connectivity index (χ1v) is 2.30. The van der Waals surface area contributed by atoms with Gasteiger partial charge < -0.3 is 0 Å². The molecular formula is C6H14. The molecule has 0 saturated heterocycles. The smallest absolute Gasteiger partial charge is 0.0414 e. The predicted octanol–water partition coefficient (Wildman–Crippen LogP) is 2.30. The van der Waals surface area contributed by atoms with Gasteiger partial charge in [-0.15, -0.1) is 0 Å². The van der Waals surface area contributed by atoms with Crippen molar-refractivity contribution in [2.45, 2.75) is 27.7 Å². The van der Waals surface area contributed by atoms with Crippen LogP contribution in [0.3, 0.4) is 0 Å². The zero-order chi connectivity index (χ0) is 3.86. The summed E-state index contributed by atoms with van der Waals surface area (Å²) in [6.07, 6.45) is 1.47. The van der Waals surface area contributed by atoms with E-state index in [1.165, 1.54) is 6.42 Å². The van der Waals surface area contributed by atoms with Crippen LogP contribution < -0.4 is 0 Å². The molecule has 0 aromatic carbocycles. The lowest BCUT2D eigenvalue weighted by Crippen LogP contribution is -1.58. The Kier molecular flexibility index (Phi) is 1.63. The Morgan fingerprint density at radius 2 is 1.33 bits per heavy atom. The van der Waals surface area contributed by atoms with Crippen molar-refractivity contribution < 1.29 is 0 Å². The molecule has 0 spiro atoms. The normalized spacial score (nSPS) is 41.0. The molecule has 0 heterocycles. The van der Waals surface area contributed by atoms with Crippen LogP contribution in [0, 0.1) is 11.8 Å². The summed E-state index contributed by atoms with van der Waals surface area (Å²) in [6, 6.07) is 0. The molecule has 0 aliphatic heterocycles. The zero-order valence-electron chi connectivity index (χ0n) is 3.86. The van der Waals surface area contributed by atoms with E-state index >= 15 is 0 Å². The minimum absolute atomic E-state index is 0. The average Bonchev–Trinajstić information content (AvgIpc) is 1.79. The Hall–Kier alpha value is 0. The second kappa shape index (κ2) is 1.63. The summed E-state index contributed by atoms with van der Waals surface area (Å²) in [5, 5.41) is 0. The molecule has 0 bridgehead atoms. The quantitative estimate of drug-likeness (QED) is 0.424. The summed E-state index contributed by atoms with van der Waals surface area (Å²) in [6.45, 7) is 4.59. The lowest BCUT2D eigenvalue weighted by Gasteiger charge is -1.66. The maximum atomic E-state index is 2.30. The van der Waals surface area contributed by atoms with Crippen molar-refractivity contribution in [2.75, 3.05) is 0 Å². The maximum Gasteiger partial charge on any atom is -0.0414 e. The first-order chi connectivity index (χ1) is 2.30. The van der Waals surface area contributed by atoms with Crippen LogP contribution in [0.5, 0.6) is 0 Å². The van der Waals surface area contributed by atoms with Crippen molar-refractivity contribution in [3.63, 3.8) is 0 Å². The predicted molar refractivity (Wildman–Crippen MR) is 29.7 cm³/mol. The fourth-order valence-electron chi connectivity index (χ4n) is 0.508. The van der Waals surface area contributed by atoms with Crippen LogP contribution in [0.4, 0.5) is 0 Å². The molecule has 6 heavy (non-hydrogen) atoms. The van der Waals surface area contributed by atoms with E-state index in [9.17, 15) is 0 Å². The summed E-state index contributed by atoms with van der Waals surface area (Å²) in [5.41, 5.74) is 0. The molecule has 1 fully saturated rings. The van der Waals surface area contributed by atoms with Crippen LogP contribution in [0.25, 0.3) is 0 Å². The van der Waals surface area contributed by atoms with Gasteiger partial charge in [-0.25, -0.2) is 0 Å². The van der Waals surface area contributed by atoms with E-state index in [-0.39, 0.29) is 7.43 Å². The van der Waals surface area contributed by atoms with Crippen molar-refractivity contribution in [2.24, 2.45) is 11.8 Å². The van der Waals surface area contributed by atoms with Gasteiger partial charge in [-0.3, -0.25) is 0 Å². The van der Waals surface area contributed by atoms with Crippen LogP contribution >= 0.6 is 0 Å². The molecule has 0 heteroatoms. The highest BCUT2D eigenvalue weighted by atomic mass is 14.3. The van der Waals surface area contributed by atoms with E-state index in [0.717, 1.165) is 11.8 Å². The van der Waals surface area contributed by atoms with Gasteiger partial charge in [0.25, 0.3) is 0 Å². The van der Waals surface area contributed by atoms with E-state index in [1.807, 2.05) is 0 Å². The summed E-state index contributed by atoms with van der Waals surface area (Å²) < 4.78 is 0. The summed E-state index contributed by atoms with van der Waals surface area (Å²) in [4.78, 5) is 0. The van der Waals surface area contributed by atoms with Crippen LogP contribution in [0.1, 0.15) is 27.7 Å². The zero-order valence-corrected chi connectivity index (χ0v) is 3.86. The lowest BCUT2D eigenvalue weighted by molar-refractivity contribution is 0.834. The van der Waals surface area contributed by atoms with Gasteiger partial charge in [0.1, 0.15) is 0 Å². The molecule has 0 aromatic rings. The Morgan fingerprint density at radius 3 is 1.33 bits per heavy atom. The number of hydrogen-bond donors (Lipinski definition) is 0. The van der Waals surface area contributed by atoms with E-state index in [1.54, 1.807) is 0 Å². The third-order valence-electron chi connectivity index (χ3n) is 1.51. The Bertz CT molecular complexity index is 33.3. The highest BCUT2D eigenvalue weighted by Crippen LogP contribution is 2.36. The van der Waals surface area contributed by atoms with Gasteiger partial charge >= 0.3 is 0 Å². The summed E-state index contributed by atoms with van der Waals surface area (Å²) in [7, 11) is 0. The molecule has 1 saturated carbocycles. The maximum absolute atomic E-state index is 2.30. The second-order valence-electron chi connectivity index (χ2n) is 2.19.